The molecule has 3 N–H and O–H groups in total. The number of carbonyl (C=O) groups excluding carboxylic acids is 1. The summed E-state index contributed by atoms with van der Waals surface area (Å²) < 4.78 is 12.1. The van der Waals surface area contributed by atoms with Gasteiger partial charge in [0, 0.05) is 22.9 Å². The normalized spacial score (nSPS) is 30.8. The number of aliphatic imine (C=N–C) groups is 1. The number of hydrogen-bond acceptors (Lipinski definition) is 5. The third-order valence-electron chi connectivity index (χ3n) is 6.58. The number of ether oxygens (including phenoxy) is 2. The predicted octanol–water partition coefficient (Wildman–Crippen LogP) is 3.44. The van der Waals surface area contributed by atoms with Crippen LogP contribution in [0.25, 0.3) is 0 Å². The fraction of sp³-hybridized carbons (Fsp3) is 0.652. The average Bonchev–Trinajstić information content (AvgIpc) is 3.04. The second kappa shape index (κ2) is 6.92. The molecule has 1 spiro atoms. The SMILES string of the molecule is CC(C)c1ccc2c(c1)C1(COC(N)=N1)C1CC(NC(=O)C(C)(C)C)CCC1O2. The number of hydrogen-bond donors (Lipinski definition) is 2. The summed E-state index contributed by atoms with van der Waals surface area (Å²) >= 11 is 0. The molecular weight excluding hydrogens is 366 g/mol. The number of benzene rings is 1. The zero-order valence-electron chi connectivity index (χ0n) is 18.1. The fourth-order valence-electron chi connectivity index (χ4n) is 4.80. The Kier molecular flexibility index (Phi) is 4.79. The molecule has 4 unspecified atom stereocenters. The molecule has 4 rings (SSSR count). The number of rotatable bonds is 2. The molecular formula is C23H33N3O3. The average molecular weight is 400 g/mol. The van der Waals surface area contributed by atoms with Crippen LogP contribution in [0, 0.1) is 11.3 Å². The molecule has 1 fully saturated rings. The van der Waals surface area contributed by atoms with Crippen LogP contribution in [0.15, 0.2) is 23.2 Å². The lowest BCUT2D eigenvalue weighted by atomic mass is 9.66. The Morgan fingerprint density at radius 1 is 1.31 bits per heavy atom. The van der Waals surface area contributed by atoms with Gasteiger partial charge in [0.15, 0.2) is 0 Å². The number of amides is 1. The van der Waals surface area contributed by atoms with Crippen molar-refractivity contribution in [2.75, 3.05) is 6.61 Å². The van der Waals surface area contributed by atoms with Crippen molar-refractivity contribution in [1.82, 2.24) is 5.32 Å². The van der Waals surface area contributed by atoms with E-state index in [0.717, 1.165) is 30.6 Å². The highest BCUT2D eigenvalue weighted by Gasteiger charge is 2.55. The Morgan fingerprint density at radius 3 is 2.69 bits per heavy atom. The third kappa shape index (κ3) is 3.47. The van der Waals surface area contributed by atoms with Gasteiger partial charge in [-0.05, 0) is 42.9 Å². The van der Waals surface area contributed by atoms with Gasteiger partial charge in [-0.3, -0.25) is 4.79 Å². The number of fused-ring (bicyclic) bond motifs is 4. The maximum absolute atomic E-state index is 12.6. The van der Waals surface area contributed by atoms with Crippen LogP contribution < -0.4 is 15.8 Å². The van der Waals surface area contributed by atoms with Crippen molar-refractivity contribution in [2.45, 2.75) is 77.5 Å². The first-order chi connectivity index (χ1) is 13.6. The maximum atomic E-state index is 12.6. The van der Waals surface area contributed by atoms with Crippen molar-refractivity contribution in [3.63, 3.8) is 0 Å². The van der Waals surface area contributed by atoms with Gasteiger partial charge in [0.05, 0.1) is 0 Å². The molecule has 158 valence electrons. The minimum Gasteiger partial charge on any atom is -0.490 e. The highest BCUT2D eigenvalue weighted by molar-refractivity contribution is 5.81. The molecule has 0 radical (unpaired) electrons. The Bertz CT molecular complexity index is 842. The summed E-state index contributed by atoms with van der Waals surface area (Å²) in [4.78, 5) is 17.4. The van der Waals surface area contributed by atoms with Crippen LogP contribution in [0.3, 0.4) is 0 Å². The van der Waals surface area contributed by atoms with E-state index >= 15 is 0 Å². The van der Waals surface area contributed by atoms with Crippen molar-refractivity contribution in [1.29, 1.82) is 0 Å². The topological polar surface area (TPSA) is 85.9 Å². The second-order valence-electron chi connectivity index (χ2n) is 10.1. The Morgan fingerprint density at radius 2 is 2.07 bits per heavy atom. The highest BCUT2D eigenvalue weighted by atomic mass is 16.5. The van der Waals surface area contributed by atoms with Crippen molar-refractivity contribution in [3.05, 3.63) is 29.3 Å². The summed E-state index contributed by atoms with van der Waals surface area (Å²) in [6.07, 6.45) is 2.63. The Hall–Kier alpha value is -2.24. The van der Waals surface area contributed by atoms with Crippen LogP contribution in [-0.4, -0.2) is 30.7 Å². The summed E-state index contributed by atoms with van der Waals surface area (Å²) in [5.41, 5.74) is 7.37. The Balaban J connectivity index is 1.70. The van der Waals surface area contributed by atoms with Crippen molar-refractivity contribution < 1.29 is 14.3 Å². The van der Waals surface area contributed by atoms with Gasteiger partial charge in [0.2, 0.25) is 5.91 Å². The van der Waals surface area contributed by atoms with E-state index in [1.165, 1.54) is 5.56 Å². The van der Waals surface area contributed by atoms with Gasteiger partial charge in [-0.15, -0.1) is 0 Å². The molecule has 1 aliphatic carbocycles. The van der Waals surface area contributed by atoms with E-state index in [4.69, 9.17) is 20.2 Å². The molecule has 3 aliphatic rings. The largest absolute Gasteiger partial charge is 0.490 e. The van der Waals surface area contributed by atoms with Gasteiger partial charge in [-0.1, -0.05) is 40.7 Å². The molecule has 0 aromatic heterocycles. The molecule has 2 aliphatic heterocycles. The number of nitrogens with two attached hydrogens (primary N) is 1. The van der Waals surface area contributed by atoms with Crippen LogP contribution in [0.1, 0.15) is 70.9 Å². The van der Waals surface area contributed by atoms with Crippen LogP contribution in [0.2, 0.25) is 0 Å². The van der Waals surface area contributed by atoms with Crippen LogP contribution in [-0.2, 0) is 15.1 Å². The zero-order chi connectivity index (χ0) is 21.0. The molecule has 4 atom stereocenters. The monoisotopic (exact) mass is 399 g/mol. The van der Waals surface area contributed by atoms with Crippen LogP contribution >= 0.6 is 0 Å². The second-order valence-corrected chi connectivity index (χ2v) is 10.1. The molecule has 1 saturated carbocycles. The lowest BCUT2D eigenvalue weighted by Gasteiger charge is -2.48. The highest BCUT2D eigenvalue weighted by Crippen LogP contribution is 2.52. The summed E-state index contributed by atoms with van der Waals surface area (Å²) in [5.74, 6) is 1.48. The molecule has 2 heterocycles. The summed E-state index contributed by atoms with van der Waals surface area (Å²) in [6, 6.07) is 6.76. The van der Waals surface area contributed by atoms with Crippen molar-refractivity contribution in [3.8, 4) is 5.75 Å². The standard InChI is InChI=1S/C23H33N3O3/c1-13(2)14-6-8-18-16(10-14)23(12-28-21(24)26-23)17-11-15(7-9-19(17)29-18)25-20(27)22(3,4)5/h6,8,10,13,15,17,19H,7,9,11-12H2,1-5H3,(H2,24,26)(H,25,27). The van der Waals surface area contributed by atoms with Gasteiger partial charge in [0.1, 0.15) is 24.0 Å². The predicted molar refractivity (Wildman–Crippen MR) is 113 cm³/mol. The van der Waals surface area contributed by atoms with E-state index < -0.39 is 11.0 Å². The smallest absolute Gasteiger partial charge is 0.283 e. The molecule has 6 nitrogen and oxygen atoms in total. The molecule has 0 bridgehead atoms. The summed E-state index contributed by atoms with van der Waals surface area (Å²) in [7, 11) is 0. The minimum absolute atomic E-state index is 0.0495. The van der Waals surface area contributed by atoms with Crippen molar-refractivity contribution >= 4 is 11.9 Å². The molecule has 1 aromatic rings. The van der Waals surface area contributed by atoms with E-state index in [9.17, 15) is 4.79 Å². The fourth-order valence-corrected chi connectivity index (χ4v) is 4.80. The van der Waals surface area contributed by atoms with E-state index in [1.54, 1.807) is 0 Å². The number of carbonyl (C=O) groups is 1. The van der Waals surface area contributed by atoms with E-state index in [2.05, 4.69) is 37.4 Å². The lowest BCUT2D eigenvalue weighted by molar-refractivity contribution is -0.130. The van der Waals surface area contributed by atoms with Gasteiger partial charge in [-0.25, -0.2) is 4.99 Å². The van der Waals surface area contributed by atoms with E-state index in [1.807, 2.05) is 20.8 Å². The lowest BCUT2D eigenvalue weighted by Crippen LogP contribution is -2.55. The van der Waals surface area contributed by atoms with Gasteiger partial charge < -0.3 is 20.5 Å². The van der Waals surface area contributed by atoms with Crippen LogP contribution in [0.4, 0.5) is 0 Å². The van der Waals surface area contributed by atoms with E-state index in [-0.39, 0.29) is 30.0 Å². The number of amidine groups is 1. The summed E-state index contributed by atoms with van der Waals surface area (Å²) in [6.45, 7) is 10.6. The molecule has 29 heavy (non-hydrogen) atoms. The molecule has 6 heteroatoms. The maximum Gasteiger partial charge on any atom is 0.283 e. The van der Waals surface area contributed by atoms with E-state index in [0.29, 0.717) is 12.5 Å². The zero-order valence-corrected chi connectivity index (χ0v) is 18.1. The van der Waals surface area contributed by atoms with Crippen LogP contribution in [0.5, 0.6) is 5.75 Å². The van der Waals surface area contributed by atoms with Gasteiger partial charge >= 0.3 is 0 Å². The number of nitrogens with zero attached hydrogens (tertiary/aromatic N) is 1. The van der Waals surface area contributed by atoms with Gasteiger partial charge in [0.25, 0.3) is 6.02 Å². The number of nitrogens with one attached hydrogen (secondary N) is 1. The first kappa shape index (κ1) is 20.0. The Labute approximate surface area is 173 Å². The quantitative estimate of drug-likeness (QED) is 0.798. The summed E-state index contributed by atoms with van der Waals surface area (Å²) in [5, 5.41) is 3.25. The van der Waals surface area contributed by atoms with Crippen molar-refractivity contribution in [2.24, 2.45) is 22.1 Å². The first-order valence-corrected chi connectivity index (χ1v) is 10.7. The molecule has 1 amide bonds. The minimum atomic E-state index is -0.543. The third-order valence-corrected chi connectivity index (χ3v) is 6.58. The molecule has 1 aromatic carbocycles. The molecule has 0 saturated heterocycles. The van der Waals surface area contributed by atoms with Gasteiger partial charge in [-0.2, -0.15) is 0 Å². The first-order valence-electron chi connectivity index (χ1n) is 10.7.